The summed E-state index contributed by atoms with van der Waals surface area (Å²) in [7, 11) is 1.98. The van der Waals surface area contributed by atoms with Crippen LogP contribution in [-0.2, 0) is 37.4 Å². The number of nitrogens with one attached hydrogen (secondary N) is 1. The second-order valence-corrected chi connectivity index (χ2v) is 12.8. The lowest BCUT2D eigenvalue weighted by atomic mass is 9.76. The minimum Gasteiger partial charge on any atom is -0.480 e. The zero-order chi connectivity index (χ0) is 29.1. The second kappa shape index (κ2) is 13.0. The van der Waals surface area contributed by atoms with Gasteiger partial charge in [0.05, 0.1) is 19.3 Å². The van der Waals surface area contributed by atoms with Crippen LogP contribution in [0.25, 0.3) is 0 Å². The van der Waals surface area contributed by atoms with Crippen molar-refractivity contribution in [1.82, 2.24) is 9.88 Å². The Morgan fingerprint density at radius 3 is 2.98 bits per heavy atom. The van der Waals surface area contributed by atoms with E-state index in [1.165, 1.54) is 12.0 Å². The number of nitrogens with zero attached hydrogens (tertiary/aromatic N) is 2. The third kappa shape index (κ3) is 6.09. The van der Waals surface area contributed by atoms with Crippen LogP contribution >= 0.6 is 0 Å². The summed E-state index contributed by atoms with van der Waals surface area (Å²) in [5.74, 6) is 0.400. The number of fused-ring (bicyclic) bond motifs is 3. The van der Waals surface area contributed by atoms with Gasteiger partial charge >= 0.3 is 5.97 Å². The number of likely N-dealkylation sites (N-methyl/N-ethyl adjacent to an activating group) is 1. The second-order valence-electron chi connectivity index (χ2n) is 12.8. The average molecular weight is 578 g/mol. The molecule has 1 spiro atoms. The maximum atomic E-state index is 12.8. The predicted molar refractivity (Wildman–Crippen MR) is 162 cm³/mol. The van der Waals surface area contributed by atoms with Gasteiger partial charge < -0.3 is 24.6 Å². The van der Waals surface area contributed by atoms with E-state index >= 15 is 0 Å². The molecule has 0 bridgehead atoms. The van der Waals surface area contributed by atoms with Crippen LogP contribution in [0.5, 0.6) is 0 Å². The van der Waals surface area contributed by atoms with Crippen molar-refractivity contribution in [2.45, 2.75) is 101 Å². The molecule has 42 heavy (non-hydrogen) atoms. The van der Waals surface area contributed by atoms with Gasteiger partial charge in [0.2, 0.25) is 0 Å². The molecule has 1 saturated heterocycles. The van der Waals surface area contributed by atoms with Gasteiger partial charge in [0, 0.05) is 37.4 Å². The number of benzene rings is 1. The van der Waals surface area contributed by atoms with Gasteiger partial charge in [0.15, 0.2) is 0 Å². The van der Waals surface area contributed by atoms with Gasteiger partial charge in [-0.25, -0.2) is 4.98 Å². The van der Waals surface area contributed by atoms with Crippen LogP contribution in [-0.4, -0.2) is 73.1 Å². The molecule has 2 N–H and O–H groups in total. The number of anilines is 1. The van der Waals surface area contributed by atoms with Crippen LogP contribution in [0.4, 0.5) is 5.82 Å². The first-order valence-electron chi connectivity index (χ1n) is 16.1. The number of carboxylic acids is 1. The highest BCUT2D eigenvalue weighted by atomic mass is 16.5. The molecular formula is C34H47N3O5. The van der Waals surface area contributed by atoms with Gasteiger partial charge in [-0.05, 0) is 99.6 Å². The number of rotatable bonds is 10. The van der Waals surface area contributed by atoms with E-state index in [0.717, 1.165) is 106 Å². The Morgan fingerprint density at radius 1 is 1.24 bits per heavy atom. The van der Waals surface area contributed by atoms with E-state index in [4.69, 9.17) is 19.2 Å². The Bertz CT molecular complexity index is 1250. The molecule has 0 unspecified atom stereocenters. The van der Waals surface area contributed by atoms with Crippen molar-refractivity contribution in [2.75, 3.05) is 45.3 Å². The van der Waals surface area contributed by atoms with E-state index in [1.807, 2.05) is 19.2 Å². The summed E-state index contributed by atoms with van der Waals surface area (Å²) in [5, 5.41) is 14.0. The van der Waals surface area contributed by atoms with Gasteiger partial charge in [-0.15, -0.1) is 0 Å². The van der Waals surface area contributed by atoms with Crippen LogP contribution in [0.15, 0.2) is 30.3 Å². The number of hydrogen-bond donors (Lipinski definition) is 2. The molecule has 2 aromatic rings. The molecule has 6 rings (SSSR count). The van der Waals surface area contributed by atoms with E-state index in [2.05, 4.69) is 35.3 Å². The summed E-state index contributed by atoms with van der Waals surface area (Å²) in [6.07, 6.45) is 10.1. The molecule has 1 aromatic heterocycles. The summed E-state index contributed by atoms with van der Waals surface area (Å²) in [5.41, 5.74) is 5.18. The zero-order valence-electron chi connectivity index (χ0n) is 25.3. The molecule has 0 radical (unpaired) electrons. The van der Waals surface area contributed by atoms with E-state index in [0.29, 0.717) is 13.2 Å². The number of carbonyl (C=O) groups is 1. The Hall–Kier alpha value is -2.52. The highest BCUT2D eigenvalue weighted by molar-refractivity contribution is 5.76. The molecule has 228 valence electrons. The topological polar surface area (TPSA) is 93.2 Å². The molecule has 4 heterocycles. The summed E-state index contributed by atoms with van der Waals surface area (Å²) >= 11 is 0. The fourth-order valence-corrected chi connectivity index (χ4v) is 7.65. The number of aromatic nitrogens is 1. The Kier molecular flexibility index (Phi) is 9.15. The maximum Gasteiger partial charge on any atom is 0.325 e. The first-order valence-corrected chi connectivity index (χ1v) is 16.1. The smallest absolute Gasteiger partial charge is 0.325 e. The van der Waals surface area contributed by atoms with Gasteiger partial charge in [0.25, 0.3) is 0 Å². The highest BCUT2D eigenvalue weighted by Crippen LogP contribution is 2.46. The zero-order valence-corrected chi connectivity index (χ0v) is 25.3. The summed E-state index contributed by atoms with van der Waals surface area (Å²) in [4.78, 5) is 19.7. The fourth-order valence-electron chi connectivity index (χ4n) is 7.65. The van der Waals surface area contributed by atoms with Crippen LogP contribution in [0.1, 0.15) is 98.2 Å². The van der Waals surface area contributed by atoms with Crippen LogP contribution in [0.3, 0.4) is 0 Å². The quantitative estimate of drug-likeness (QED) is 0.353. The van der Waals surface area contributed by atoms with Gasteiger partial charge in [-0.3, -0.25) is 9.69 Å². The van der Waals surface area contributed by atoms with Gasteiger partial charge in [-0.1, -0.05) is 31.2 Å². The normalized spacial score (nSPS) is 27.8. The first kappa shape index (κ1) is 29.5. The van der Waals surface area contributed by atoms with Crippen molar-refractivity contribution in [2.24, 2.45) is 0 Å². The molecule has 8 heteroatoms. The molecule has 4 aliphatic rings. The summed E-state index contributed by atoms with van der Waals surface area (Å²) < 4.78 is 18.6. The van der Waals surface area contributed by atoms with Crippen molar-refractivity contribution in [3.8, 4) is 0 Å². The van der Waals surface area contributed by atoms with Gasteiger partial charge in [-0.2, -0.15) is 0 Å². The number of unbranched alkanes of at least 4 members (excludes halogenated alkanes) is 1. The average Bonchev–Trinajstić information content (AvgIpc) is 3.48. The van der Waals surface area contributed by atoms with Crippen molar-refractivity contribution in [3.05, 3.63) is 58.3 Å². The molecule has 5 atom stereocenters. The summed E-state index contributed by atoms with van der Waals surface area (Å²) in [6.45, 7) is 5.77. The molecule has 3 aliphatic heterocycles. The van der Waals surface area contributed by atoms with E-state index in [1.54, 1.807) is 0 Å². The van der Waals surface area contributed by atoms with Crippen molar-refractivity contribution < 1.29 is 24.1 Å². The van der Waals surface area contributed by atoms with Crippen molar-refractivity contribution in [3.63, 3.8) is 0 Å². The number of ether oxygens (including phenoxy) is 3. The molecule has 2 fully saturated rings. The summed E-state index contributed by atoms with van der Waals surface area (Å²) in [6, 6.07) is 10.0. The van der Waals surface area contributed by atoms with Gasteiger partial charge in [0.1, 0.15) is 17.5 Å². The predicted octanol–water partition coefficient (Wildman–Crippen LogP) is 5.60. The van der Waals surface area contributed by atoms with Crippen molar-refractivity contribution in [1.29, 1.82) is 0 Å². The SMILES string of the molecule is C[C@@H]1CO[C@@]2(CCCOC2)c2cccc([C@@H](C(=O)O)N(C)[C@H]3CC[C@H](OCCCCc4ccc5c(n4)NCCC5)C3)c21. The molecular weight excluding hydrogens is 530 g/mol. The van der Waals surface area contributed by atoms with Crippen LogP contribution < -0.4 is 5.32 Å². The van der Waals surface area contributed by atoms with Crippen LogP contribution in [0.2, 0.25) is 0 Å². The first-order chi connectivity index (χ1) is 20.4. The number of aliphatic carboxylic acids is 1. The lowest BCUT2D eigenvalue weighted by Gasteiger charge is -2.45. The Labute approximate surface area is 250 Å². The maximum absolute atomic E-state index is 12.8. The molecule has 1 saturated carbocycles. The Balaban J connectivity index is 1.05. The molecule has 1 aliphatic carbocycles. The van der Waals surface area contributed by atoms with E-state index in [9.17, 15) is 9.90 Å². The van der Waals surface area contributed by atoms with Crippen molar-refractivity contribution >= 4 is 11.8 Å². The van der Waals surface area contributed by atoms with Crippen LogP contribution in [0, 0.1) is 0 Å². The number of aryl methyl sites for hydroxylation is 2. The fraction of sp³-hybridized carbons (Fsp3) is 0.647. The lowest BCUT2D eigenvalue weighted by Crippen LogP contribution is -2.45. The largest absolute Gasteiger partial charge is 0.480 e. The van der Waals surface area contributed by atoms with E-state index in [-0.39, 0.29) is 18.1 Å². The molecule has 1 aromatic carbocycles. The number of pyridine rings is 1. The monoisotopic (exact) mass is 577 g/mol. The highest BCUT2D eigenvalue weighted by Gasteiger charge is 2.45. The Morgan fingerprint density at radius 2 is 2.14 bits per heavy atom. The van der Waals surface area contributed by atoms with E-state index < -0.39 is 17.6 Å². The lowest BCUT2D eigenvalue weighted by molar-refractivity contribution is -0.147. The standard InChI is InChI=1S/C34H47N3O5/c1-23-21-42-34(16-7-18-40-22-34)29-11-5-10-28(30(23)29)31(33(38)39)37(2)26-14-15-27(20-26)41-19-4-3-9-25-13-12-24-8-6-17-35-32(24)36-25/h5,10-13,23,26-27,31H,3-4,6-9,14-22H2,1-2H3,(H,35,36)(H,38,39)/t23-,26+,27+,31+,34-/m1/s1. The minimum atomic E-state index is -0.797. The number of hydrogen-bond acceptors (Lipinski definition) is 7. The molecule has 8 nitrogen and oxygen atoms in total. The third-order valence-electron chi connectivity index (χ3n) is 9.94. The molecule has 0 amide bonds. The third-order valence-corrected chi connectivity index (χ3v) is 9.94. The minimum absolute atomic E-state index is 0.131. The number of carboxylic acid groups (broad SMARTS) is 1.